The molecule has 336 valence electrons. The van der Waals surface area contributed by atoms with Gasteiger partial charge in [-0.1, -0.05) is 35.9 Å². The van der Waals surface area contributed by atoms with Gasteiger partial charge in [0.1, 0.15) is 5.69 Å². The molecule has 0 aliphatic carbocycles. The molecular formula is C33H36Cl3N15O12. The van der Waals surface area contributed by atoms with Gasteiger partial charge in [0.2, 0.25) is 16.8 Å². The first kappa shape index (κ1) is 55.0. The van der Waals surface area contributed by atoms with Gasteiger partial charge in [0.15, 0.2) is 0 Å². The highest BCUT2D eigenvalue weighted by molar-refractivity contribution is 6.31. The lowest BCUT2D eigenvalue weighted by Crippen LogP contribution is -2.13. The van der Waals surface area contributed by atoms with Crippen LogP contribution < -0.4 is 39.3 Å². The highest BCUT2D eigenvalue weighted by atomic mass is 35.5. The van der Waals surface area contributed by atoms with Gasteiger partial charge < -0.3 is 39.3 Å². The van der Waals surface area contributed by atoms with Crippen molar-refractivity contribution in [3.8, 4) is 0 Å². The van der Waals surface area contributed by atoms with Crippen molar-refractivity contribution in [2.24, 2.45) is 28.7 Å². The third-order valence-corrected chi connectivity index (χ3v) is 7.51. The first-order chi connectivity index (χ1) is 28.8. The molecule has 4 aromatic heterocycles. The first-order valence-corrected chi connectivity index (χ1v) is 17.1. The number of nitrogens with two attached hydrogens (primary N) is 5. The van der Waals surface area contributed by atoms with Crippen LogP contribution in [-0.2, 0) is 6.42 Å². The third kappa shape index (κ3) is 17.6. The predicted molar refractivity (Wildman–Crippen MR) is 230 cm³/mol. The molecule has 0 saturated carbocycles. The summed E-state index contributed by atoms with van der Waals surface area (Å²) in [6.07, 6.45) is 12.0. The fourth-order valence-electron chi connectivity index (χ4n) is 4.30. The number of aromatic nitrogens is 4. The van der Waals surface area contributed by atoms with E-state index in [1.165, 1.54) is 12.4 Å². The summed E-state index contributed by atoms with van der Waals surface area (Å²) in [6.45, 7) is 0.915. The number of nitrogens with one attached hydrogen (secondary N) is 2. The lowest BCUT2D eigenvalue weighted by Gasteiger charge is -2.05. The second-order valence-electron chi connectivity index (χ2n) is 11.4. The average molecular weight is 941 g/mol. The third-order valence-electron chi connectivity index (χ3n) is 7.22. The van der Waals surface area contributed by atoms with E-state index in [-0.39, 0.29) is 93.9 Å². The molecule has 27 nitrogen and oxygen atoms in total. The topological polar surface area (TPSA) is 447 Å². The number of hydrogen-bond acceptors (Lipinski definition) is 19. The van der Waals surface area contributed by atoms with Gasteiger partial charge >= 0.3 is 17.1 Å². The summed E-state index contributed by atoms with van der Waals surface area (Å²) in [5.41, 5.74) is 23.9. The van der Waals surface area contributed by atoms with Crippen molar-refractivity contribution in [3.63, 3.8) is 0 Å². The summed E-state index contributed by atoms with van der Waals surface area (Å²) in [5, 5.41) is 48.6. The van der Waals surface area contributed by atoms with Crippen molar-refractivity contribution < 1.29 is 38.9 Å². The van der Waals surface area contributed by atoms with E-state index < -0.39 is 54.7 Å². The minimum Gasteiger partial charge on any atom is -0.366 e. The van der Waals surface area contributed by atoms with Crippen LogP contribution in [0.2, 0.25) is 5.15 Å². The zero-order valence-electron chi connectivity index (χ0n) is 32.0. The number of rotatable bonds is 18. The first-order valence-electron chi connectivity index (χ1n) is 16.7. The second-order valence-corrected chi connectivity index (χ2v) is 11.7. The van der Waals surface area contributed by atoms with E-state index in [9.17, 15) is 59.6 Å². The molecule has 4 heterocycles. The Labute approximate surface area is 371 Å². The van der Waals surface area contributed by atoms with Gasteiger partial charge in [0.05, 0.1) is 41.9 Å². The van der Waals surface area contributed by atoms with Crippen LogP contribution in [0.5, 0.6) is 0 Å². The van der Waals surface area contributed by atoms with E-state index in [1.807, 2.05) is 0 Å². The average Bonchev–Trinajstić information content (AvgIpc) is 3.20. The highest BCUT2D eigenvalue weighted by Gasteiger charge is 2.20. The summed E-state index contributed by atoms with van der Waals surface area (Å²) in [5.74, 6) is -3.15. The molecule has 0 spiro atoms. The van der Waals surface area contributed by atoms with Crippen molar-refractivity contribution in [2.75, 3.05) is 30.3 Å². The summed E-state index contributed by atoms with van der Waals surface area (Å²) in [7, 11) is 0. The van der Waals surface area contributed by atoms with E-state index in [2.05, 4.69) is 30.6 Å². The molecule has 30 heteroatoms. The Kier molecular flexibility index (Phi) is 23.5. The number of carbonyl (C=O) groups excluding carboxylic acids is 4. The van der Waals surface area contributed by atoms with Crippen LogP contribution in [0.3, 0.4) is 0 Å². The van der Waals surface area contributed by atoms with Crippen molar-refractivity contribution in [2.45, 2.75) is 12.8 Å². The molecule has 4 rings (SSSR count). The molecule has 0 atom stereocenters. The maximum atomic E-state index is 11.1. The number of anilines is 2. The Morgan fingerprint density at radius 3 is 1.29 bits per heavy atom. The van der Waals surface area contributed by atoms with Crippen LogP contribution in [0.25, 0.3) is 0 Å². The van der Waals surface area contributed by atoms with Crippen LogP contribution in [0, 0.1) is 40.5 Å². The zero-order valence-corrected chi connectivity index (χ0v) is 34.4. The predicted octanol–water partition coefficient (Wildman–Crippen LogP) is 2.69. The summed E-state index contributed by atoms with van der Waals surface area (Å²) < 4.78 is 0. The summed E-state index contributed by atoms with van der Waals surface area (Å²) >= 11 is 5.39. The minimum atomic E-state index is -0.830. The number of halogens is 3. The molecule has 12 N–H and O–H groups in total. The molecule has 0 unspecified atom stereocenters. The lowest BCUT2D eigenvalue weighted by atomic mass is 10.1. The molecule has 0 radical (unpaired) electrons. The Bertz CT molecular complexity index is 2320. The Balaban J connectivity index is 0.000000992. The number of nitro groups is 4. The Hall–Kier alpha value is -8.01. The van der Waals surface area contributed by atoms with Gasteiger partial charge in [-0.15, -0.1) is 24.8 Å². The number of allylic oxidation sites excluding steroid dienone is 1. The quantitative estimate of drug-likeness (QED) is 0.0326. The molecule has 0 bridgehead atoms. The monoisotopic (exact) mass is 939 g/mol. The van der Waals surface area contributed by atoms with Gasteiger partial charge in [-0.25, -0.2) is 15.0 Å². The Morgan fingerprint density at radius 2 is 0.905 bits per heavy atom. The number of amides is 4. The molecule has 0 fully saturated rings. The second kappa shape index (κ2) is 27.0. The smallest absolute Gasteiger partial charge is 0.312 e. The fraction of sp³-hybridized carbons (Fsp3) is 0.152. The number of hydrogen-bond donors (Lipinski definition) is 7. The molecular weight excluding hydrogens is 905 g/mol. The van der Waals surface area contributed by atoms with Gasteiger partial charge in [0.25, 0.3) is 29.3 Å². The maximum Gasteiger partial charge on any atom is 0.312 e. The number of primary amides is 4. The summed E-state index contributed by atoms with van der Waals surface area (Å²) in [4.78, 5) is 99.4. The zero-order chi connectivity index (χ0) is 45.8. The molecule has 0 aromatic carbocycles. The maximum absolute atomic E-state index is 11.1. The van der Waals surface area contributed by atoms with E-state index >= 15 is 0 Å². The van der Waals surface area contributed by atoms with Crippen LogP contribution >= 0.6 is 36.4 Å². The number of nitrogens with zero attached hydrogens (tertiary/aromatic N) is 8. The molecule has 4 aromatic rings. The number of pyridine rings is 4. The Morgan fingerprint density at radius 1 is 0.556 bits per heavy atom. The van der Waals surface area contributed by atoms with E-state index in [4.69, 9.17) is 40.3 Å². The summed E-state index contributed by atoms with van der Waals surface area (Å²) in [6, 6.07) is 4.18. The van der Waals surface area contributed by atoms with Crippen LogP contribution in [0.4, 0.5) is 34.4 Å². The molecule has 0 saturated heterocycles. The van der Waals surface area contributed by atoms with E-state index in [1.54, 1.807) is 24.3 Å². The highest BCUT2D eigenvalue weighted by Crippen LogP contribution is 2.25. The van der Waals surface area contributed by atoms with Crippen molar-refractivity contribution >= 4 is 94.4 Å². The van der Waals surface area contributed by atoms with Gasteiger partial charge in [0, 0.05) is 75.1 Å². The van der Waals surface area contributed by atoms with Gasteiger partial charge in [-0.2, -0.15) is 0 Å². The molecule has 63 heavy (non-hydrogen) atoms. The molecule has 4 amide bonds. The fourth-order valence-corrected chi connectivity index (χ4v) is 4.48. The van der Waals surface area contributed by atoms with E-state index in [0.29, 0.717) is 19.5 Å². The lowest BCUT2D eigenvalue weighted by molar-refractivity contribution is -0.386. The van der Waals surface area contributed by atoms with Crippen LogP contribution in [0.1, 0.15) is 53.5 Å². The van der Waals surface area contributed by atoms with Crippen molar-refractivity contribution in [1.29, 1.82) is 0 Å². The minimum absolute atomic E-state index is 0. The number of aryl methyl sites for hydroxylation is 1. The standard InChI is InChI=1S/C17H17N7O6.C10H13N5O3.C6H4ClN3O3.2ClH/c18-15(25)10-6-13(23(27)28)12(21-8-10)4-2-1-3-5-20-17-14(24(29)30)7-11(9-22-17)16(19)26;11-3-1-2-4-13-10-8(15(17)18)5-7(6-14-10)9(12)16;7-5-4(10(12)13)1-3(2-9-5)6(8)11;;/h1,3,6-9H,2,4-5H2,(H2,18,25)(H2,19,26)(H,20,22);1-2,5-6H,3-4,11H2,(H2,12,16)(H,13,14);1-2H,(H2,8,11);2*1H/b3-1+;2-1+;;;. The van der Waals surface area contributed by atoms with Gasteiger partial charge in [-0.3, -0.25) is 64.6 Å². The van der Waals surface area contributed by atoms with Crippen molar-refractivity contribution in [3.05, 3.63) is 147 Å². The largest absolute Gasteiger partial charge is 0.366 e. The number of carbonyl (C=O) groups is 4. The normalized spacial score (nSPS) is 10.1. The van der Waals surface area contributed by atoms with Crippen LogP contribution in [-0.4, -0.2) is 82.9 Å². The molecule has 0 aliphatic heterocycles. The SMILES string of the molecule is Cl.Cl.NC(=O)c1cnc(CC/C=C/CNc2ncc(C(N)=O)cc2[N+](=O)[O-])c([N+](=O)[O-])c1.NC(=O)c1cnc(Cl)c([N+](=O)[O-])c1.NC/C=C/CNc1ncc(C(N)=O)cc1[N+](=O)[O-]. The van der Waals surface area contributed by atoms with Gasteiger partial charge in [-0.05, 0) is 6.42 Å². The molecule has 0 aliphatic rings. The van der Waals surface area contributed by atoms with E-state index in [0.717, 1.165) is 36.7 Å². The van der Waals surface area contributed by atoms with Crippen molar-refractivity contribution in [1.82, 2.24) is 19.9 Å². The van der Waals surface area contributed by atoms with Crippen LogP contribution in [0.15, 0.2) is 73.4 Å².